The van der Waals surface area contributed by atoms with Crippen LogP contribution in [0, 0.1) is 25.2 Å². The van der Waals surface area contributed by atoms with E-state index in [2.05, 4.69) is 102 Å². The zero-order chi connectivity index (χ0) is 23.9. The second-order valence-electron chi connectivity index (χ2n) is 8.93. The summed E-state index contributed by atoms with van der Waals surface area (Å²) < 4.78 is 2.29. The molecule has 0 bridgehead atoms. The van der Waals surface area contributed by atoms with E-state index < -0.39 is 0 Å². The third-order valence-corrected chi connectivity index (χ3v) is 6.82. The number of fused-ring (bicyclic) bond motifs is 3. The monoisotopic (exact) mass is 449 g/mol. The number of para-hydroxylation sites is 1. The van der Waals surface area contributed by atoms with E-state index in [9.17, 15) is 5.26 Å². The molecule has 0 aliphatic heterocycles. The summed E-state index contributed by atoms with van der Waals surface area (Å²) in [5.41, 5.74) is 10.7. The van der Waals surface area contributed by atoms with E-state index in [-0.39, 0.29) is 0 Å². The van der Waals surface area contributed by atoms with Crippen LogP contribution in [0.3, 0.4) is 0 Å². The molecule has 0 saturated heterocycles. The van der Waals surface area contributed by atoms with Gasteiger partial charge in [-0.1, -0.05) is 48.5 Å². The molecule has 0 amide bonds. The van der Waals surface area contributed by atoms with Crippen LogP contribution >= 0.6 is 0 Å². The Bertz CT molecular complexity index is 1770. The molecule has 0 atom stereocenters. The van der Waals surface area contributed by atoms with E-state index in [1.807, 2.05) is 18.2 Å². The molecule has 166 valence electrons. The Labute approximate surface area is 204 Å². The Hall–Kier alpha value is -4.68. The molecule has 2 heterocycles. The van der Waals surface area contributed by atoms with Crippen molar-refractivity contribution >= 4 is 21.8 Å². The molecule has 3 heteroatoms. The van der Waals surface area contributed by atoms with Crippen molar-refractivity contribution in [2.75, 3.05) is 0 Å². The highest BCUT2D eigenvalue weighted by molar-refractivity contribution is 6.10. The fourth-order valence-corrected chi connectivity index (χ4v) is 5.10. The van der Waals surface area contributed by atoms with E-state index >= 15 is 0 Å². The number of nitriles is 1. The second-order valence-corrected chi connectivity index (χ2v) is 8.93. The van der Waals surface area contributed by atoms with Crippen LogP contribution in [0.15, 0.2) is 103 Å². The number of aromatic nitrogens is 2. The molecule has 2 aromatic heterocycles. The van der Waals surface area contributed by atoms with Gasteiger partial charge in [-0.05, 0) is 89.7 Å². The topological polar surface area (TPSA) is 41.6 Å². The van der Waals surface area contributed by atoms with Gasteiger partial charge >= 0.3 is 0 Å². The van der Waals surface area contributed by atoms with Gasteiger partial charge in [-0.3, -0.25) is 4.98 Å². The number of nitrogens with zero attached hydrogens (tertiary/aromatic N) is 3. The largest absolute Gasteiger partial charge is 0.309 e. The molecule has 35 heavy (non-hydrogen) atoms. The summed E-state index contributed by atoms with van der Waals surface area (Å²) >= 11 is 0. The first-order valence-electron chi connectivity index (χ1n) is 11.7. The maximum Gasteiger partial charge on any atom is 0.0998 e. The molecule has 0 unspecified atom stereocenters. The van der Waals surface area contributed by atoms with Crippen LogP contribution < -0.4 is 0 Å². The maximum atomic E-state index is 10.0. The summed E-state index contributed by atoms with van der Waals surface area (Å²) in [6.07, 6.45) is 3.53. The normalized spacial score (nSPS) is 11.1. The number of hydrogen-bond acceptors (Lipinski definition) is 2. The summed E-state index contributed by atoms with van der Waals surface area (Å²) in [6.45, 7) is 4.27. The van der Waals surface area contributed by atoms with Gasteiger partial charge in [0.05, 0.1) is 28.4 Å². The lowest BCUT2D eigenvalue weighted by Gasteiger charge is -2.15. The maximum absolute atomic E-state index is 10.0. The molecule has 0 saturated carbocycles. The van der Waals surface area contributed by atoms with Crippen LogP contribution in [0.5, 0.6) is 0 Å². The number of rotatable bonds is 3. The average molecular weight is 450 g/mol. The molecule has 0 aliphatic rings. The number of benzene rings is 4. The highest BCUT2D eigenvalue weighted by atomic mass is 15.0. The van der Waals surface area contributed by atoms with Crippen molar-refractivity contribution < 1.29 is 0 Å². The highest BCUT2D eigenvalue weighted by Crippen LogP contribution is 2.37. The van der Waals surface area contributed by atoms with Crippen molar-refractivity contribution in [3.05, 3.63) is 120 Å². The van der Waals surface area contributed by atoms with E-state index in [1.165, 1.54) is 27.5 Å². The van der Waals surface area contributed by atoms with Crippen LogP contribution in [0.1, 0.15) is 16.7 Å². The third kappa shape index (κ3) is 3.39. The summed E-state index contributed by atoms with van der Waals surface area (Å²) in [5, 5.41) is 12.4. The second kappa shape index (κ2) is 8.27. The average Bonchev–Trinajstić information content (AvgIpc) is 3.23. The summed E-state index contributed by atoms with van der Waals surface area (Å²) in [6, 6.07) is 34.2. The zero-order valence-corrected chi connectivity index (χ0v) is 19.7. The van der Waals surface area contributed by atoms with Gasteiger partial charge in [-0.2, -0.15) is 5.26 Å². The number of hydrogen-bond donors (Lipinski definition) is 0. The minimum Gasteiger partial charge on any atom is -0.309 e. The van der Waals surface area contributed by atoms with E-state index in [0.29, 0.717) is 5.56 Å². The highest BCUT2D eigenvalue weighted by Gasteiger charge is 2.17. The van der Waals surface area contributed by atoms with Gasteiger partial charge in [0.1, 0.15) is 0 Å². The number of aryl methyl sites for hydroxylation is 2. The lowest BCUT2D eigenvalue weighted by atomic mass is 9.97. The summed E-state index contributed by atoms with van der Waals surface area (Å²) in [7, 11) is 0. The van der Waals surface area contributed by atoms with E-state index in [4.69, 9.17) is 0 Å². The van der Waals surface area contributed by atoms with Crippen LogP contribution in [-0.2, 0) is 0 Å². The molecular weight excluding hydrogens is 426 g/mol. The molecule has 0 radical (unpaired) electrons. The molecule has 0 fully saturated rings. The van der Waals surface area contributed by atoms with Crippen LogP contribution in [-0.4, -0.2) is 9.55 Å². The predicted molar refractivity (Wildman–Crippen MR) is 144 cm³/mol. The SMILES string of the molecule is Cc1ccccc1-c1ccc2c(c1)c1ccccc1n2-c1cc(C#N)c(-c2ccncc2)cc1C. The molecule has 0 aliphatic carbocycles. The Morgan fingerprint density at radius 1 is 0.657 bits per heavy atom. The smallest absolute Gasteiger partial charge is 0.0998 e. The van der Waals surface area contributed by atoms with Crippen molar-refractivity contribution in [3.63, 3.8) is 0 Å². The first-order valence-corrected chi connectivity index (χ1v) is 11.7. The van der Waals surface area contributed by atoms with Crippen molar-refractivity contribution in [2.24, 2.45) is 0 Å². The fraction of sp³-hybridized carbons (Fsp3) is 0.0625. The zero-order valence-electron chi connectivity index (χ0n) is 19.7. The Morgan fingerprint density at radius 2 is 1.40 bits per heavy atom. The minimum atomic E-state index is 0.652. The van der Waals surface area contributed by atoms with Crippen molar-refractivity contribution in [2.45, 2.75) is 13.8 Å². The van der Waals surface area contributed by atoms with Crippen molar-refractivity contribution in [3.8, 4) is 34.0 Å². The first kappa shape index (κ1) is 20.9. The summed E-state index contributed by atoms with van der Waals surface area (Å²) in [4.78, 5) is 4.12. The van der Waals surface area contributed by atoms with Gasteiger partial charge in [0.15, 0.2) is 0 Å². The molecule has 0 spiro atoms. The van der Waals surface area contributed by atoms with Crippen molar-refractivity contribution in [1.82, 2.24) is 9.55 Å². The van der Waals surface area contributed by atoms with Gasteiger partial charge < -0.3 is 4.57 Å². The molecule has 6 aromatic rings. The van der Waals surface area contributed by atoms with E-state index in [1.54, 1.807) is 12.4 Å². The molecule has 3 nitrogen and oxygen atoms in total. The van der Waals surface area contributed by atoms with Gasteiger partial charge in [0, 0.05) is 23.2 Å². The predicted octanol–water partition coefficient (Wildman–Crippen LogP) is 8.00. The van der Waals surface area contributed by atoms with Gasteiger partial charge in [0.2, 0.25) is 0 Å². The fourth-order valence-electron chi connectivity index (χ4n) is 5.10. The van der Waals surface area contributed by atoms with Crippen LogP contribution in [0.4, 0.5) is 0 Å². The molecule has 0 N–H and O–H groups in total. The van der Waals surface area contributed by atoms with Crippen LogP contribution in [0.2, 0.25) is 0 Å². The lowest BCUT2D eigenvalue weighted by Crippen LogP contribution is -1.99. The lowest BCUT2D eigenvalue weighted by molar-refractivity contribution is 1.15. The van der Waals surface area contributed by atoms with Gasteiger partial charge in [-0.25, -0.2) is 0 Å². The molecule has 4 aromatic carbocycles. The minimum absolute atomic E-state index is 0.652. The Morgan fingerprint density at radius 3 is 2.20 bits per heavy atom. The third-order valence-electron chi connectivity index (χ3n) is 6.82. The number of pyridine rings is 1. The Balaban J connectivity index is 1.63. The quantitative estimate of drug-likeness (QED) is 0.275. The Kier molecular flexibility index (Phi) is 4.94. The van der Waals surface area contributed by atoms with Gasteiger partial charge in [-0.15, -0.1) is 0 Å². The van der Waals surface area contributed by atoms with Crippen molar-refractivity contribution in [1.29, 1.82) is 5.26 Å². The van der Waals surface area contributed by atoms with E-state index in [0.717, 1.165) is 33.4 Å². The summed E-state index contributed by atoms with van der Waals surface area (Å²) in [5.74, 6) is 0. The van der Waals surface area contributed by atoms with Gasteiger partial charge in [0.25, 0.3) is 0 Å². The first-order chi connectivity index (χ1) is 17.2. The molecular formula is C32H23N3. The standard InChI is InChI=1S/C32H23N3/c1-21-7-3-4-8-26(21)24-11-12-31-29(18-24)27-9-5-6-10-30(27)35(31)32-19-25(20-33)28(17-22(32)2)23-13-15-34-16-14-23/h3-19H,1-2H3. The molecule has 6 rings (SSSR count). The van der Waals surface area contributed by atoms with Crippen LogP contribution in [0.25, 0.3) is 49.7 Å².